The Morgan fingerprint density at radius 3 is 2.73 bits per heavy atom. The minimum absolute atomic E-state index is 0.124. The van der Waals surface area contributed by atoms with E-state index in [9.17, 15) is 9.59 Å². The third-order valence-electron chi connectivity index (χ3n) is 6.01. The molecule has 0 saturated carbocycles. The average molecular weight is 447 g/mol. The van der Waals surface area contributed by atoms with Crippen LogP contribution in [-0.4, -0.2) is 69.1 Å². The first-order valence-corrected chi connectivity index (χ1v) is 11.3. The molecule has 1 atom stereocenters. The van der Waals surface area contributed by atoms with Gasteiger partial charge in [-0.2, -0.15) is 5.10 Å². The molecule has 1 aliphatic heterocycles. The lowest BCUT2D eigenvalue weighted by molar-refractivity contribution is -0.134. The van der Waals surface area contributed by atoms with Gasteiger partial charge in [-0.15, -0.1) is 0 Å². The highest BCUT2D eigenvalue weighted by atomic mass is 16.2. The number of carbonyl (C=O) groups is 2. The second kappa shape index (κ2) is 10.4. The van der Waals surface area contributed by atoms with Crippen molar-refractivity contribution in [3.8, 4) is 11.1 Å². The second-order valence-corrected chi connectivity index (χ2v) is 8.38. The number of aryl methyl sites for hydroxylation is 1. The number of likely N-dealkylation sites (N-methyl/N-ethyl adjacent to an activating group) is 1. The number of nitrogens with one attached hydrogen (secondary N) is 1. The van der Waals surface area contributed by atoms with Crippen molar-refractivity contribution in [3.63, 3.8) is 0 Å². The van der Waals surface area contributed by atoms with E-state index in [1.165, 1.54) is 0 Å². The van der Waals surface area contributed by atoms with Crippen molar-refractivity contribution in [2.45, 2.75) is 13.3 Å². The zero-order chi connectivity index (χ0) is 23.2. The molecule has 1 fully saturated rings. The number of rotatable bonds is 7. The Balaban J connectivity index is 1.51. The highest BCUT2D eigenvalue weighted by Gasteiger charge is 2.31. The number of pyridine rings is 1. The van der Waals surface area contributed by atoms with Crippen molar-refractivity contribution < 1.29 is 9.59 Å². The van der Waals surface area contributed by atoms with Crippen LogP contribution in [0, 0.1) is 5.92 Å². The van der Waals surface area contributed by atoms with Crippen molar-refractivity contribution >= 4 is 17.6 Å². The lowest BCUT2D eigenvalue weighted by Gasteiger charge is -2.24. The first-order valence-electron chi connectivity index (χ1n) is 11.3. The van der Waals surface area contributed by atoms with Gasteiger partial charge in [0.2, 0.25) is 11.8 Å². The average Bonchev–Trinajstić information content (AvgIpc) is 3.17. The monoisotopic (exact) mass is 446 g/mol. The van der Waals surface area contributed by atoms with Crippen LogP contribution in [0.5, 0.6) is 0 Å². The van der Waals surface area contributed by atoms with Gasteiger partial charge in [-0.3, -0.25) is 24.2 Å². The maximum Gasteiger partial charge on any atom is 0.239 e. The van der Waals surface area contributed by atoms with Crippen LogP contribution in [0.2, 0.25) is 0 Å². The molecule has 8 nitrogen and oxygen atoms in total. The molecule has 0 spiro atoms. The molecule has 1 N–H and O–H groups in total. The molecule has 172 valence electrons. The quantitative estimate of drug-likeness (QED) is 0.603. The number of hydrogen-bond acceptors (Lipinski definition) is 5. The molecule has 3 aromatic rings. The largest absolute Gasteiger partial charge is 0.341 e. The summed E-state index contributed by atoms with van der Waals surface area (Å²) in [7, 11) is 1.81. The lowest BCUT2D eigenvalue weighted by atomic mass is 9.91. The Morgan fingerprint density at radius 2 is 2.00 bits per heavy atom. The Kier molecular flexibility index (Phi) is 7.14. The highest BCUT2D eigenvalue weighted by molar-refractivity contribution is 5.91. The summed E-state index contributed by atoms with van der Waals surface area (Å²) in [6, 6.07) is 13.9. The third kappa shape index (κ3) is 5.64. The molecule has 1 saturated heterocycles. The Hall–Kier alpha value is -3.52. The van der Waals surface area contributed by atoms with Crippen LogP contribution < -0.4 is 5.32 Å². The summed E-state index contributed by atoms with van der Waals surface area (Å²) in [5.74, 6) is 0.324. The maximum absolute atomic E-state index is 13.3. The van der Waals surface area contributed by atoms with E-state index in [2.05, 4.69) is 32.4 Å². The van der Waals surface area contributed by atoms with Gasteiger partial charge < -0.3 is 10.2 Å². The van der Waals surface area contributed by atoms with Gasteiger partial charge in [0.1, 0.15) is 0 Å². The molecule has 1 aliphatic rings. The molecule has 33 heavy (non-hydrogen) atoms. The predicted molar refractivity (Wildman–Crippen MR) is 127 cm³/mol. The molecule has 2 amide bonds. The highest BCUT2D eigenvalue weighted by Crippen LogP contribution is 2.26. The van der Waals surface area contributed by atoms with Crippen LogP contribution in [0.15, 0.2) is 61.1 Å². The predicted octanol–water partition coefficient (Wildman–Crippen LogP) is 2.44. The van der Waals surface area contributed by atoms with Crippen molar-refractivity contribution in [2.75, 3.05) is 38.0 Å². The van der Waals surface area contributed by atoms with Gasteiger partial charge in [0.15, 0.2) is 5.82 Å². The van der Waals surface area contributed by atoms with Gasteiger partial charge in [-0.1, -0.05) is 30.3 Å². The van der Waals surface area contributed by atoms with Gasteiger partial charge in [0.05, 0.1) is 12.5 Å². The minimum atomic E-state index is -0.229. The standard InChI is InChI=1S/C25H30N6O2/c1-3-31-14-13-30(18-24(32)27-23-10-12-29(2)28-23)17-21(25(31)33)15-19-7-4-5-9-22(19)20-8-6-11-26-16-20/h4-12,16,21H,3,13-15,17-18H2,1-2H3,(H,27,28,32)/t21-/m0/s1. The third-order valence-corrected chi connectivity index (χ3v) is 6.01. The van der Waals surface area contributed by atoms with Gasteiger partial charge >= 0.3 is 0 Å². The summed E-state index contributed by atoms with van der Waals surface area (Å²) >= 11 is 0. The molecule has 3 heterocycles. The number of aromatic nitrogens is 3. The fourth-order valence-corrected chi connectivity index (χ4v) is 4.36. The van der Waals surface area contributed by atoms with Crippen molar-refractivity contribution in [1.82, 2.24) is 24.6 Å². The molecule has 0 aliphatic carbocycles. The summed E-state index contributed by atoms with van der Waals surface area (Å²) in [4.78, 5) is 34.2. The maximum atomic E-state index is 13.3. The van der Waals surface area contributed by atoms with Crippen LogP contribution in [0.1, 0.15) is 12.5 Å². The molecule has 0 unspecified atom stereocenters. The lowest BCUT2D eigenvalue weighted by Crippen LogP contribution is -2.38. The molecular weight excluding hydrogens is 416 g/mol. The van der Waals surface area contributed by atoms with Crippen LogP contribution in [-0.2, 0) is 23.1 Å². The van der Waals surface area contributed by atoms with E-state index in [4.69, 9.17) is 0 Å². The smallest absolute Gasteiger partial charge is 0.239 e. The van der Waals surface area contributed by atoms with E-state index in [0.29, 0.717) is 38.4 Å². The van der Waals surface area contributed by atoms with E-state index < -0.39 is 0 Å². The summed E-state index contributed by atoms with van der Waals surface area (Å²) in [6.45, 7) is 4.70. The molecule has 0 bridgehead atoms. The first kappa shape index (κ1) is 22.7. The zero-order valence-corrected chi connectivity index (χ0v) is 19.1. The summed E-state index contributed by atoms with van der Waals surface area (Å²) in [6.07, 6.45) is 6.00. The molecular formula is C25H30N6O2. The van der Waals surface area contributed by atoms with Crippen molar-refractivity contribution in [2.24, 2.45) is 13.0 Å². The molecule has 0 radical (unpaired) electrons. The van der Waals surface area contributed by atoms with Crippen LogP contribution in [0.25, 0.3) is 11.1 Å². The topological polar surface area (TPSA) is 83.4 Å². The number of benzene rings is 1. The van der Waals surface area contributed by atoms with E-state index in [0.717, 1.165) is 16.7 Å². The summed E-state index contributed by atoms with van der Waals surface area (Å²) in [5, 5.41) is 7.05. The number of amides is 2. The molecule has 8 heteroatoms. The Bertz CT molecular complexity index is 1100. The van der Waals surface area contributed by atoms with Gasteiger partial charge in [0, 0.05) is 63.4 Å². The van der Waals surface area contributed by atoms with E-state index in [1.807, 2.05) is 49.3 Å². The Labute approximate surface area is 194 Å². The number of hydrogen-bond donors (Lipinski definition) is 1. The van der Waals surface area contributed by atoms with Crippen LogP contribution in [0.4, 0.5) is 5.82 Å². The van der Waals surface area contributed by atoms with E-state index in [1.54, 1.807) is 23.1 Å². The summed E-state index contributed by atoms with van der Waals surface area (Å²) < 4.78 is 1.65. The molecule has 1 aromatic carbocycles. The van der Waals surface area contributed by atoms with Crippen LogP contribution in [0.3, 0.4) is 0 Å². The van der Waals surface area contributed by atoms with Gasteiger partial charge in [0.25, 0.3) is 0 Å². The van der Waals surface area contributed by atoms with Gasteiger partial charge in [-0.05, 0) is 30.5 Å². The fraction of sp³-hybridized carbons (Fsp3) is 0.360. The van der Waals surface area contributed by atoms with E-state index >= 15 is 0 Å². The SMILES string of the molecule is CCN1CCN(CC(=O)Nc2ccn(C)n2)C[C@H](Cc2ccccc2-c2cccnc2)C1=O. The number of anilines is 1. The Morgan fingerprint density at radius 1 is 1.15 bits per heavy atom. The molecule has 4 rings (SSSR count). The fourth-order valence-electron chi connectivity index (χ4n) is 4.36. The van der Waals surface area contributed by atoms with E-state index in [-0.39, 0.29) is 24.3 Å². The van der Waals surface area contributed by atoms with Gasteiger partial charge in [-0.25, -0.2) is 0 Å². The van der Waals surface area contributed by atoms with Crippen molar-refractivity contribution in [1.29, 1.82) is 0 Å². The summed E-state index contributed by atoms with van der Waals surface area (Å²) in [5.41, 5.74) is 3.23. The normalized spacial score (nSPS) is 17.1. The number of carbonyl (C=O) groups excluding carboxylic acids is 2. The second-order valence-electron chi connectivity index (χ2n) is 8.38. The van der Waals surface area contributed by atoms with Crippen molar-refractivity contribution in [3.05, 3.63) is 66.6 Å². The number of nitrogens with zero attached hydrogens (tertiary/aromatic N) is 5. The first-order chi connectivity index (χ1) is 16.0. The molecule has 2 aromatic heterocycles. The minimum Gasteiger partial charge on any atom is -0.341 e. The zero-order valence-electron chi connectivity index (χ0n) is 19.1. The van der Waals surface area contributed by atoms with Crippen LogP contribution >= 0.6 is 0 Å².